The van der Waals surface area contributed by atoms with E-state index in [2.05, 4.69) is 25.6 Å². The van der Waals surface area contributed by atoms with Gasteiger partial charge in [-0.2, -0.15) is 38.5 Å². The molecule has 0 aliphatic carbocycles. The van der Waals surface area contributed by atoms with Gasteiger partial charge in [0.1, 0.15) is 0 Å². The van der Waals surface area contributed by atoms with Crippen molar-refractivity contribution in [2.75, 3.05) is 41.5 Å². The van der Waals surface area contributed by atoms with E-state index in [1.165, 1.54) is 17.3 Å². The molecule has 0 radical (unpaired) electrons. The molecule has 20 heavy (non-hydrogen) atoms. The van der Waals surface area contributed by atoms with Gasteiger partial charge in [-0.15, -0.1) is 0 Å². The van der Waals surface area contributed by atoms with Crippen LogP contribution in [-0.4, -0.2) is 57.2 Å². The first kappa shape index (κ1) is 15.5. The maximum Gasteiger partial charge on any atom is 0.323 e. The number of anilines is 2. The van der Waals surface area contributed by atoms with Crippen molar-refractivity contribution in [2.45, 2.75) is 25.2 Å². The molecule has 6 nitrogen and oxygen atoms in total. The zero-order valence-corrected chi connectivity index (χ0v) is 13.7. The summed E-state index contributed by atoms with van der Waals surface area (Å²) in [6.07, 6.45) is 0.0419. The maximum atomic E-state index is 5.54. The van der Waals surface area contributed by atoms with Gasteiger partial charge in [0.15, 0.2) is 0 Å². The largest absolute Gasteiger partial charge is 0.461 e. The fraction of sp³-hybridized carbons (Fsp3) is 0.750. The van der Waals surface area contributed by atoms with E-state index in [4.69, 9.17) is 4.74 Å². The molecular formula is C12H21N5OS2. The predicted octanol–water partition coefficient (Wildman–Crippen LogP) is 1.96. The molecule has 0 amide bonds. The molecule has 8 heteroatoms. The Morgan fingerprint density at radius 1 is 1.25 bits per heavy atom. The zero-order valence-electron chi connectivity index (χ0n) is 12.0. The minimum atomic E-state index is 0.0419. The third-order valence-corrected chi connectivity index (χ3v) is 5.40. The fourth-order valence-electron chi connectivity index (χ4n) is 1.67. The molecule has 2 N–H and O–H groups in total. The van der Waals surface area contributed by atoms with Crippen LogP contribution < -0.4 is 15.4 Å². The van der Waals surface area contributed by atoms with Crippen LogP contribution in [0.5, 0.6) is 6.01 Å². The summed E-state index contributed by atoms with van der Waals surface area (Å²) >= 11 is 4.01. The quantitative estimate of drug-likeness (QED) is 0.825. The van der Waals surface area contributed by atoms with Crippen molar-refractivity contribution in [3.63, 3.8) is 0 Å². The van der Waals surface area contributed by atoms with Crippen molar-refractivity contribution in [1.82, 2.24) is 15.0 Å². The summed E-state index contributed by atoms with van der Waals surface area (Å²) in [6, 6.07) is 0.354. The standard InChI is InChI=1S/C12H21N5OS2/c1-8(2)18-12-16-10(13-3)15-11(17-12)14-6-9-7-19-4-5-20-9/h8-9H,4-7H2,1-3H3,(H2,13,14,15,16,17). The number of thioether (sulfide) groups is 2. The van der Waals surface area contributed by atoms with E-state index in [1.54, 1.807) is 7.05 Å². The molecule has 1 saturated heterocycles. The van der Waals surface area contributed by atoms with E-state index in [0.29, 0.717) is 23.2 Å². The molecule has 1 aliphatic heterocycles. The van der Waals surface area contributed by atoms with Crippen molar-refractivity contribution in [3.8, 4) is 6.01 Å². The van der Waals surface area contributed by atoms with Crippen LogP contribution in [-0.2, 0) is 0 Å². The van der Waals surface area contributed by atoms with Crippen molar-refractivity contribution < 1.29 is 4.74 Å². The fourth-order valence-corrected chi connectivity index (χ4v) is 4.28. The Labute approximate surface area is 128 Å². The molecule has 1 unspecified atom stereocenters. The number of hydrogen-bond acceptors (Lipinski definition) is 8. The van der Waals surface area contributed by atoms with Crippen molar-refractivity contribution in [1.29, 1.82) is 0 Å². The molecule has 1 aliphatic rings. The summed E-state index contributed by atoms with van der Waals surface area (Å²) in [5.41, 5.74) is 0. The molecule has 0 aromatic carbocycles. The molecule has 1 aromatic heterocycles. The van der Waals surface area contributed by atoms with Crippen molar-refractivity contribution in [2.24, 2.45) is 0 Å². The van der Waals surface area contributed by atoms with E-state index in [0.717, 1.165) is 6.54 Å². The highest BCUT2D eigenvalue weighted by Gasteiger charge is 2.15. The SMILES string of the molecule is CNc1nc(NCC2CSCCS2)nc(OC(C)C)n1. The Morgan fingerprint density at radius 3 is 2.70 bits per heavy atom. The summed E-state index contributed by atoms with van der Waals surface area (Å²) < 4.78 is 5.54. The summed E-state index contributed by atoms with van der Waals surface area (Å²) in [5, 5.41) is 6.82. The molecule has 0 saturated carbocycles. The summed E-state index contributed by atoms with van der Waals surface area (Å²) in [6.45, 7) is 4.77. The van der Waals surface area contributed by atoms with Crippen molar-refractivity contribution in [3.05, 3.63) is 0 Å². The summed E-state index contributed by atoms with van der Waals surface area (Å²) in [5.74, 6) is 4.73. The van der Waals surface area contributed by atoms with Crippen LogP contribution in [0.4, 0.5) is 11.9 Å². The number of nitrogens with one attached hydrogen (secondary N) is 2. The molecule has 2 rings (SSSR count). The molecule has 1 fully saturated rings. The molecule has 0 bridgehead atoms. The average molecular weight is 315 g/mol. The van der Waals surface area contributed by atoms with Crippen LogP contribution in [0.3, 0.4) is 0 Å². The molecule has 1 aromatic rings. The Morgan fingerprint density at radius 2 is 2.05 bits per heavy atom. The Hall–Kier alpha value is -0.890. The second-order valence-corrected chi connectivity index (χ2v) is 7.19. The third kappa shape index (κ3) is 4.90. The summed E-state index contributed by atoms with van der Waals surface area (Å²) in [4.78, 5) is 12.8. The van der Waals surface area contributed by atoms with Crippen molar-refractivity contribution >= 4 is 35.4 Å². The van der Waals surface area contributed by atoms with Gasteiger partial charge >= 0.3 is 6.01 Å². The van der Waals surface area contributed by atoms with Gasteiger partial charge in [0.25, 0.3) is 0 Å². The normalized spacial score (nSPS) is 18.9. The van der Waals surface area contributed by atoms with Gasteiger partial charge < -0.3 is 15.4 Å². The molecular weight excluding hydrogens is 294 g/mol. The van der Waals surface area contributed by atoms with Crippen LogP contribution in [0.15, 0.2) is 0 Å². The number of nitrogens with zero attached hydrogens (tertiary/aromatic N) is 3. The molecule has 2 heterocycles. The summed E-state index contributed by atoms with van der Waals surface area (Å²) in [7, 11) is 1.78. The number of hydrogen-bond donors (Lipinski definition) is 2. The first-order chi connectivity index (χ1) is 9.67. The monoisotopic (exact) mass is 315 g/mol. The van der Waals surface area contributed by atoms with Gasteiger partial charge in [0.2, 0.25) is 11.9 Å². The van der Waals surface area contributed by atoms with E-state index in [-0.39, 0.29) is 6.10 Å². The van der Waals surface area contributed by atoms with Gasteiger partial charge in [-0.05, 0) is 13.8 Å². The first-order valence-corrected chi connectivity index (χ1v) is 8.91. The highest BCUT2D eigenvalue weighted by molar-refractivity contribution is 8.06. The Bertz CT molecular complexity index is 426. The lowest BCUT2D eigenvalue weighted by atomic mass is 10.5. The van der Waals surface area contributed by atoms with E-state index in [1.807, 2.05) is 37.4 Å². The lowest BCUT2D eigenvalue weighted by Gasteiger charge is -2.21. The molecule has 0 spiro atoms. The number of aromatic nitrogens is 3. The van der Waals surface area contributed by atoms with Crippen LogP contribution in [0.1, 0.15) is 13.8 Å². The van der Waals surface area contributed by atoms with Gasteiger partial charge in [-0.25, -0.2) is 0 Å². The second-order valence-electron chi connectivity index (χ2n) is 4.63. The lowest BCUT2D eigenvalue weighted by Crippen LogP contribution is -2.24. The van der Waals surface area contributed by atoms with Crippen LogP contribution in [0.25, 0.3) is 0 Å². The average Bonchev–Trinajstić information content (AvgIpc) is 2.45. The minimum absolute atomic E-state index is 0.0419. The molecule has 112 valence electrons. The zero-order chi connectivity index (χ0) is 14.4. The highest BCUT2D eigenvalue weighted by atomic mass is 32.2. The van der Waals surface area contributed by atoms with Gasteiger partial charge in [-0.3, -0.25) is 0 Å². The lowest BCUT2D eigenvalue weighted by molar-refractivity contribution is 0.222. The smallest absolute Gasteiger partial charge is 0.323 e. The predicted molar refractivity (Wildman–Crippen MR) is 87.2 cm³/mol. The highest BCUT2D eigenvalue weighted by Crippen LogP contribution is 2.24. The second kappa shape index (κ2) is 7.78. The minimum Gasteiger partial charge on any atom is -0.461 e. The van der Waals surface area contributed by atoms with E-state index < -0.39 is 0 Å². The van der Waals surface area contributed by atoms with Crippen LogP contribution in [0, 0.1) is 0 Å². The number of ether oxygens (including phenoxy) is 1. The number of rotatable bonds is 6. The van der Waals surface area contributed by atoms with Crippen LogP contribution in [0.2, 0.25) is 0 Å². The maximum absolute atomic E-state index is 5.54. The van der Waals surface area contributed by atoms with Crippen LogP contribution >= 0.6 is 23.5 Å². The topological polar surface area (TPSA) is 72.0 Å². The first-order valence-electron chi connectivity index (χ1n) is 6.71. The van der Waals surface area contributed by atoms with Gasteiger partial charge in [-0.1, -0.05) is 0 Å². The van der Waals surface area contributed by atoms with Gasteiger partial charge in [0.05, 0.1) is 6.10 Å². The van der Waals surface area contributed by atoms with E-state index in [9.17, 15) is 0 Å². The Kier molecular flexibility index (Phi) is 6.03. The Balaban J connectivity index is 1.98. The molecule has 1 atom stereocenters. The van der Waals surface area contributed by atoms with E-state index >= 15 is 0 Å². The third-order valence-electron chi connectivity index (χ3n) is 2.55. The van der Waals surface area contributed by atoms with Gasteiger partial charge in [0, 0.05) is 36.1 Å².